The number of rotatable bonds is 5. The third-order valence-electron chi connectivity index (χ3n) is 4.02. The molecule has 1 fully saturated rings. The highest BCUT2D eigenvalue weighted by Gasteiger charge is 2.17. The molecule has 0 saturated heterocycles. The van der Waals surface area contributed by atoms with Crippen molar-refractivity contribution in [2.75, 3.05) is 19.0 Å². The van der Waals surface area contributed by atoms with Gasteiger partial charge in [0.25, 0.3) is 0 Å². The molecule has 1 aromatic heterocycles. The molecule has 0 aromatic carbocycles. The van der Waals surface area contributed by atoms with Crippen molar-refractivity contribution in [1.82, 2.24) is 9.97 Å². The maximum absolute atomic E-state index is 11.3. The summed E-state index contributed by atoms with van der Waals surface area (Å²) in [6.07, 6.45) is 8.10. The van der Waals surface area contributed by atoms with Crippen molar-refractivity contribution in [3.05, 3.63) is 18.1 Å². The summed E-state index contributed by atoms with van der Waals surface area (Å²) < 4.78 is 4.61. The number of carbonyl (C=O) groups is 1. The van der Waals surface area contributed by atoms with Crippen LogP contribution < -0.4 is 5.32 Å². The van der Waals surface area contributed by atoms with Crippen molar-refractivity contribution in [3.8, 4) is 0 Å². The minimum absolute atomic E-state index is 0.101. The lowest BCUT2D eigenvalue weighted by Crippen LogP contribution is -2.16. The maximum Gasteiger partial charge on any atom is 0.376 e. The minimum atomic E-state index is -0.505. The third-order valence-corrected chi connectivity index (χ3v) is 4.02. The Bertz CT molecular complexity index is 442. The first-order valence-corrected chi connectivity index (χ1v) is 7.34. The number of methoxy groups -OCH3 is 1. The molecule has 110 valence electrons. The van der Waals surface area contributed by atoms with E-state index in [-0.39, 0.29) is 5.82 Å². The molecule has 0 atom stereocenters. The molecule has 1 aromatic rings. The van der Waals surface area contributed by atoms with E-state index in [0.717, 1.165) is 24.8 Å². The van der Waals surface area contributed by atoms with Crippen LogP contribution in [0, 0.1) is 11.8 Å². The summed E-state index contributed by atoms with van der Waals surface area (Å²) in [6, 6.07) is 1.77. The molecule has 0 unspecified atom stereocenters. The molecule has 1 heterocycles. The fourth-order valence-corrected chi connectivity index (χ4v) is 2.67. The van der Waals surface area contributed by atoms with Crippen molar-refractivity contribution in [2.45, 2.75) is 39.0 Å². The number of anilines is 1. The normalized spacial score (nSPS) is 22.3. The van der Waals surface area contributed by atoms with Crippen LogP contribution in [0.2, 0.25) is 0 Å². The van der Waals surface area contributed by atoms with E-state index in [1.54, 1.807) is 12.3 Å². The van der Waals surface area contributed by atoms with Gasteiger partial charge in [0.2, 0.25) is 5.82 Å². The molecule has 0 bridgehead atoms. The third kappa shape index (κ3) is 4.18. The number of aromatic nitrogens is 2. The van der Waals surface area contributed by atoms with E-state index in [1.807, 2.05) is 0 Å². The van der Waals surface area contributed by atoms with Crippen molar-refractivity contribution in [3.63, 3.8) is 0 Å². The van der Waals surface area contributed by atoms with E-state index in [1.165, 1.54) is 32.8 Å². The molecule has 1 saturated carbocycles. The Kier molecular flexibility index (Phi) is 5.32. The Morgan fingerprint density at radius 3 is 2.85 bits per heavy atom. The zero-order valence-corrected chi connectivity index (χ0v) is 12.3. The Labute approximate surface area is 120 Å². The average molecular weight is 277 g/mol. The van der Waals surface area contributed by atoms with Gasteiger partial charge >= 0.3 is 5.97 Å². The van der Waals surface area contributed by atoms with Gasteiger partial charge < -0.3 is 10.1 Å². The van der Waals surface area contributed by atoms with Crippen molar-refractivity contribution in [1.29, 1.82) is 0 Å². The van der Waals surface area contributed by atoms with Gasteiger partial charge in [-0.25, -0.2) is 14.8 Å². The second-order valence-electron chi connectivity index (χ2n) is 5.60. The number of carbonyl (C=O) groups excluding carboxylic acids is 1. The second kappa shape index (κ2) is 7.22. The first-order chi connectivity index (χ1) is 9.69. The highest BCUT2D eigenvalue weighted by Crippen LogP contribution is 2.30. The van der Waals surface area contributed by atoms with Crippen molar-refractivity contribution >= 4 is 11.8 Å². The van der Waals surface area contributed by atoms with E-state index in [4.69, 9.17) is 0 Å². The summed E-state index contributed by atoms with van der Waals surface area (Å²) in [5.41, 5.74) is 0. The van der Waals surface area contributed by atoms with Crippen LogP contribution in [0.15, 0.2) is 12.3 Å². The number of esters is 1. The summed E-state index contributed by atoms with van der Waals surface area (Å²) in [5.74, 6) is 1.99. The Balaban J connectivity index is 1.78. The van der Waals surface area contributed by atoms with Crippen LogP contribution in [0.3, 0.4) is 0 Å². The summed E-state index contributed by atoms with van der Waals surface area (Å²) >= 11 is 0. The molecule has 0 aliphatic heterocycles. The molecular formula is C15H23N3O2. The Morgan fingerprint density at radius 2 is 2.15 bits per heavy atom. The van der Waals surface area contributed by atoms with E-state index in [2.05, 4.69) is 26.9 Å². The molecule has 0 spiro atoms. The lowest BCUT2D eigenvalue weighted by atomic mass is 9.81. The van der Waals surface area contributed by atoms with Crippen LogP contribution in [-0.4, -0.2) is 29.6 Å². The van der Waals surface area contributed by atoms with Gasteiger partial charge in [-0.05, 0) is 24.3 Å². The Hall–Kier alpha value is -1.65. The van der Waals surface area contributed by atoms with Crippen LogP contribution >= 0.6 is 0 Å². The summed E-state index contributed by atoms with van der Waals surface area (Å²) in [5, 5.41) is 3.26. The topological polar surface area (TPSA) is 64.1 Å². The predicted octanol–water partition coefficient (Wildman–Crippen LogP) is 2.89. The van der Waals surface area contributed by atoms with Crippen molar-refractivity contribution in [2.24, 2.45) is 11.8 Å². The summed E-state index contributed by atoms with van der Waals surface area (Å²) in [4.78, 5) is 19.4. The number of ether oxygens (including phenoxy) is 1. The van der Waals surface area contributed by atoms with E-state index >= 15 is 0 Å². The van der Waals surface area contributed by atoms with Gasteiger partial charge in [0.05, 0.1) is 7.11 Å². The molecule has 5 heteroatoms. The second-order valence-corrected chi connectivity index (χ2v) is 5.60. The smallest absolute Gasteiger partial charge is 0.376 e. The predicted molar refractivity (Wildman–Crippen MR) is 77.6 cm³/mol. The van der Waals surface area contributed by atoms with Crippen LogP contribution in [0.5, 0.6) is 0 Å². The number of hydrogen-bond donors (Lipinski definition) is 1. The van der Waals surface area contributed by atoms with Gasteiger partial charge in [-0.2, -0.15) is 0 Å². The fourth-order valence-electron chi connectivity index (χ4n) is 2.67. The van der Waals surface area contributed by atoms with Crippen LogP contribution in [-0.2, 0) is 4.74 Å². The van der Waals surface area contributed by atoms with E-state index in [9.17, 15) is 4.79 Å². The van der Waals surface area contributed by atoms with E-state index in [0.29, 0.717) is 5.82 Å². The zero-order chi connectivity index (χ0) is 14.4. The zero-order valence-electron chi connectivity index (χ0n) is 12.3. The van der Waals surface area contributed by atoms with Gasteiger partial charge in [0, 0.05) is 12.7 Å². The number of nitrogens with one attached hydrogen (secondary N) is 1. The standard InChI is InChI=1S/C15H23N3O2/c1-11-3-5-12(6-4-11)7-9-16-13-8-10-17-14(18-13)15(19)20-2/h8,10-12H,3-7,9H2,1-2H3,(H,16,17,18). The lowest BCUT2D eigenvalue weighted by molar-refractivity contribution is 0.0587. The maximum atomic E-state index is 11.3. The first kappa shape index (κ1) is 14.8. The molecule has 1 aliphatic rings. The number of hydrogen-bond acceptors (Lipinski definition) is 5. The molecule has 1 N–H and O–H groups in total. The van der Waals surface area contributed by atoms with Gasteiger partial charge in [-0.3, -0.25) is 0 Å². The molecule has 2 rings (SSSR count). The molecule has 5 nitrogen and oxygen atoms in total. The highest BCUT2D eigenvalue weighted by atomic mass is 16.5. The average Bonchev–Trinajstić information content (AvgIpc) is 2.49. The largest absolute Gasteiger partial charge is 0.463 e. The molecule has 0 radical (unpaired) electrons. The fraction of sp³-hybridized carbons (Fsp3) is 0.667. The van der Waals surface area contributed by atoms with Crippen molar-refractivity contribution < 1.29 is 9.53 Å². The first-order valence-electron chi connectivity index (χ1n) is 7.34. The minimum Gasteiger partial charge on any atom is -0.463 e. The van der Waals surface area contributed by atoms with E-state index < -0.39 is 5.97 Å². The van der Waals surface area contributed by atoms with Crippen LogP contribution in [0.1, 0.15) is 49.6 Å². The van der Waals surface area contributed by atoms with Crippen LogP contribution in [0.25, 0.3) is 0 Å². The summed E-state index contributed by atoms with van der Waals surface area (Å²) in [6.45, 7) is 3.22. The molecule has 1 aliphatic carbocycles. The number of nitrogens with zero attached hydrogens (tertiary/aromatic N) is 2. The van der Waals surface area contributed by atoms with Gasteiger partial charge in [0.15, 0.2) is 0 Å². The molecular weight excluding hydrogens is 254 g/mol. The SMILES string of the molecule is COC(=O)c1nccc(NCCC2CCC(C)CC2)n1. The quantitative estimate of drug-likeness (QED) is 0.838. The van der Waals surface area contributed by atoms with Gasteiger partial charge in [0.1, 0.15) is 5.82 Å². The molecule has 20 heavy (non-hydrogen) atoms. The highest BCUT2D eigenvalue weighted by molar-refractivity contribution is 5.85. The summed E-state index contributed by atoms with van der Waals surface area (Å²) in [7, 11) is 1.33. The van der Waals surface area contributed by atoms with Gasteiger partial charge in [-0.1, -0.05) is 32.6 Å². The Morgan fingerprint density at radius 1 is 1.40 bits per heavy atom. The lowest BCUT2D eigenvalue weighted by Gasteiger charge is -2.26. The van der Waals surface area contributed by atoms with Gasteiger partial charge in [-0.15, -0.1) is 0 Å². The molecule has 0 amide bonds. The monoisotopic (exact) mass is 277 g/mol. The van der Waals surface area contributed by atoms with Crippen LogP contribution in [0.4, 0.5) is 5.82 Å².